The maximum absolute atomic E-state index is 12.2. The molecule has 1 aliphatic rings. The van der Waals surface area contributed by atoms with Gasteiger partial charge in [0, 0.05) is 25.1 Å². The number of nitrogens with one attached hydrogen (secondary N) is 1. The van der Waals surface area contributed by atoms with E-state index in [1.54, 1.807) is 10.9 Å². The largest absolute Gasteiger partial charge is 0.481 e. The number of rotatable bonds is 5. The minimum Gasteiger partial charge on any atom is -0.481 e. The Morgan fingerprint density at radius 2 is 2.04 bits per heavy atom. The topological polar surface area (TPSA) is 93.5 Å². The first-order valence-electron chi connectivity index (χ1n) is 7.59. The fourth-order valence-corrected chi connectivity index (χ4v) is 2.84. The first-order valence-corrected chi connectivity index (χ1v) is 7.59. The maximum Gasteiger partial charge on any atom is 0.311 e. The highest BCUT2D eigenvalue weighted by molar-refractivity contribution is 5.82. The van der Waals surface area contributed by atoms with E-state index in [1.807, 2.05) is 24.3 Å². The molecule has 0 unspecified atom stereocenters. The van der Waals surface area contributed by atoms with Gasteiger partial charge < -0.3 is 15.2 Å². The number of carbonyl (C=O) groups is 2. The summed E-state index contributed by atoms with van der Waals surface area (Å²) in [6, 6.07) is 7.63. The van der Waals surface area contributed by atoms with Gasteiger partial charge in [0.05, 0.1) is 17.1 Å². The van der Waals surface area contributed by atoms with Crippen LogP contribution in [0, 0.1) is 5.41 Å². The number of benzene rings is 1. The lowest BCUT2D eigenvalue weighted by atomic mass is 9.80. The molecule has 7 nitrogen and oxygen atoms in total. The van der Waals surface area contributed by atoms with Crippen molar-refractivity contribution in [1.82, 2.24) is 15.1 Å². The van der Waals surface area contributed by atoms with Crippen LogP contribution < -0.4 is 5.32 Å². The van der Waals surface area contributed by atoms with Crippen LogP contribution in [-0.4, -0.2) is 46.5 Å². The fourth-order valence-electron chi connectivity index (χ4n) is 2.84. The van der Waals surface area contributed by atoms with Crippen molar-refractivity contribution in [3.63, 3.8) is 0 Å². The number of para-hydroxylation sites is 1. The number of fused-ring (bicyclic) bond motifs is 1. The molecular formula is C16H19N3O4. The van der Waals surface area contributed by atoms with Gasteiger partial charge in [-0.2, -0.15) is 5.10 Å². The zero-order valence-electron chi connectivity index (χ0n) is 12.7. The van der Waals surface area contributed by atoms with Crippen LogP contribution in [0.1, 0.15) is 12.8 Å². The third-order valence-corrected chi connectivity index (χ3v) is 4.37. The van der Waals surface area contributed by atoms with Crippen molar-refractivity contribution in [3.8, 4) is 0 Å². The SMILES string of the molecule is O=C(Cn1ncc2ccccc21)NCC1(C(=O)O)CCOCC1. The summed E-state index contributed by atoms with van der Waals surface area (Å²) in [4.78, 5) is 23.7. The van der Waals surface area contributed by atoms with E-state index in [9.17, 15) is 14.7 Å². The van der Waals surface area contributed by atoms with Gasteiger partial charge in [0.25, 0.3) is 0 Å². The summed E-state index contributed by atoms with van der Waals surface area (Å²) in [5, 5.41) is 17.4. The molecule has 1 saturated heterocycles. The van der Waals surface area contributed by atoms with E-state index >= 15 is 0 Å². The molecule has 0 aliphatic carbocycles. The quantitative estimate of drug-likeness (QED) is 0.859. The molecule has 1 aromatic carbocycles. The van der Waals surface area contributed by atoms with Crippen molar-refractivity contribution < 1.29 is 19.4 Å². The van der Waals surface area contributed by atoms with Crippen molar-refractivity contribution in [2.75, 3.05) is 19.8 Å². The van der Waals surface area contributed by atoms with Crippen LogP contribution in [0.5, 0.6) is 0 Å². The van der Waals surface area contributed by atoms with Crippen LogP contribution in [-0.2, 0) is 20.9 Å². The zero-order chi connectivity index (χ0) is 16.3. The highest BCUT2D eigenvalue weighted by Gasteiger charge is 2.40. The first-order chi connectivity index (χ1) is 11.1. The lowest BCUT2D eigenvalue weighted by Gasteiger charge is -2.33. The van der Waals surface area contributed by atoms with Crippen molar-refractivity contribution in [2.45, 2.75) is 19.4 Å². The Balaban J connectivity index is 1.64. The summed E-state index contributed by atoms with van der Waals surface area (Å²) in [6.45, 7) is 1.00. The predicted molar refractivity (Wildman–Crippen MR) is 82.9 cm³/mol. The molecule has 7 heteroatoms. The van der Waals surface area contributed by atoms with Gasteiger partial charge >= 0.3 is 5.97 Å². The summed E-state index contributed by atoms with van der Waals surface area (Å²) in [5.41, 5.74) is -0.0539. The van der Waals surface area contributed by atoms with Crippen molar-refractivity contribution >= 4 is 22.8 Å². The molecule has 122 valence electrons. The molecule has 0 radical (unpaired) electrons. The second kappa shape index (κ2) is 6.37. The first kappa shape index (κ1) is 15.5. The molecule has 0 spiro atoms. The minimum atomic E-state index is -0.930. The van der Waals surface area contributed by atoms with Crippen LogP contribution in [0.15, 0.2) is 30.5 Å². The Morgan fingerprint density at radius 3 is 2.78 bits per heavy atom. The predicted octanol–water partition coefficient (Wildman–Crippen LogP) is 1.03. The summed E-state index contributed by atoms with van der Waals surface area (Å²) in [7, 11) is 0. The molecule has 1 aliphatic heterocycles. The van der Waals surface area contributed by atoms with E-state index in [0.717, 1.165) is 10.9 Å². The summed E-state index contributed by atoms with van der Waals surface area (Å²) >= 11 is 0. The average molecular weight is 317 g/mol. The number of carboxylic acids is 1. The molecular weight excluding hydrogens is 298 g/mol. The lowest BCUT2D eigenvalue weighted by Crippen LogP contribution is -2.47. The fraction of sp³-hybridized carbons (Fsp3) is 0.438. The number of nitrogens with zero attached hydrogens (tertiary/aromatic N) is 2. The second-order valence-electron chi connectivity index (χ2n) is 5.84. The normalized spacial score (nSPS) is 17.0. The monoisotopic (exact) mass is 317 g/mol. The number of aliphatic carboxylic acids is 1. The van der Waals surface area contributed by atoms with E-state index in [4.69, 9.17) is 4.74 Å². The zero-order valence-corrected chi connectivity index (χ0v) is 12.7. The van der Waals surface area contributed by atoms with Crippen molar-refractivity contribution in [3.05, 3.63) is 30.5 Å². The summed E-state index contributed by atoms with van der Waals surface area (Å²) in [6.07, 6.45) is 2.53. The number of amides is 1. The van der Waals surface area contributed by atoms with Crippen molar-refractivity contribution in [2.24, 2.45) is 5.41 Å². The molecule has 2 heterocycles. The summed E-state index contributed by atoms with van der Waals surface area (Å²) in [5.74, 6) is -1.13. The van der Waals surface area contributed by atoms with Crippen LogP contribution >= 0.6 is 0 Å². The van der Waals surface area contributed by atoms with Gasteiger partial charge in [0.15, 0.2) is 0 Å². The van der Waals surface area contributed by atoms with Crippen LogP contribution in [0.3, 0.4) is 0 Å². The smallest absolute Gasteiger partial charge is 0.311 e. The number of aromatic nitrogens is 2. The van der Waals surface area contributed by atoms with E-state index in [2.05, 4.69) is 10.4 Å². The van der Waals surface area contributed by atoms with Gasteiger partial charge in [-0.15, -0.1) is 0 Å². The molecule has 0 atom stereocenters. The minimum absolute atomic E-state index is 0.0692. The third kappa shape index (κ3) is 3.19. The van der Waals surface area contributed by atoms with E-state index < -0.39 is 11.4 Å². The number of hydrogen-bond acceptors (Lipinski definition) is 4. The molecule has 0 saturated carbocycles. The Hall–Kier alpha value is -2.41. The Labute approximate surface area is 133 Å². The van der Waals surface area contributed by atoms with Gasteiger partial charge in [0.1, 0.15) is 6.54 Å². The van der Waals surface area contributed by atoms with E-state index in [1.165, 1.54) is 0 Å². The molecule has 1 fully saturated rings. The van der Waals surface area contributed by atoms with Crippen LogP contribution in [0.25, 0.3) is 10.9 Å². The van der Waals surface area contributed by atoms with Gasteiger partial charge in [-0.1, -0.05) is 18.2 Å². The number of ether oxygens (including phenoxy) is 1. The highest BCUT2D eigenvalue weighted by Crippen LogP contribution is 2.30. The number of hydrogen-bond donors (Lipinski definition) is 2. The van der Waals surface area contributed by atoms with E-state index in [-0.39, 0.29) is 19.0 Å². The van der Waals surface area contributed by atoms with E-state index in [0.29, 0.717) is 26.1 Å². The third-order valence-electron chi connectivity index (χ3n) is 4.37. The van der Waals surface area contributed by atoms with Crippen molar-refractivity contribution in [1.29, 1.82) is 0 Å². The standard InChI is InChI=1S/C16H19N3O4/c20-14(10-19-13-4-2-1-3-12(13)9-18-19)17-11-16(15(21)22)5-7-23-8-6-16/h1-4,9H,5-8,10-11H2,(H,17,20)(H,21,22). The highest BCUT2D eigenvalue weighted by atomic mass is 16.5. The lowest BCUT2D eigenvalue weighted by molar-refractivity contribution is -0.154. The number of carboxylic acid groups (broad SMARTS) is 1. The Bertz CT molecular complexity index is 719. The second-order valence-corrected chi connectivity index (χ2v) is 5.84. The van der Waals surface area contributed by atoms with Gasteiger partial charge in [0.2, 0.25) is 5.91 Å². The molecule has 2 N–H and O–H groups in total. The van der Waals surface area contributed by atoms with Crippen LogP contribution in [0.2, 0.25) is 0 Å². The Kier molecular flexibility index (Phi) is 4.29. The molecule has 1 aromatic heterocycles. The van der Waals surface area contributed by atoms with Gasteiger partial charge in [-0.25, -0.2) is 0 Å². The molecule has 2 aromatic rings. The average Bonchev–Trinajstić information content (AvgIpc) is 2.97. The number of carbonyl (C=O) groups excluding carboxylic acids is 1. The molecule has 1 amide bonds. The molecule has 23 heavy (non-hydrogen) atoms. The molecule has 0 bridgehead atoms. The summed E-state index contributed by atoms with van der Waals surface area (Å²) < 4.78 is 6.84. The molecule has 3 rings (SSSR count). The Morgan fingerprint density at radius 1 is 1.30 bits per heavy atom. The van der Waals surface area contributed by atoms with Gasteiger partial charge in [-0.05, 0) is 18.9 Å². The maximum atomic E-state index is 12.2. The van der Waals surface area contributed by atoms with Gasteiger partial charge in [-0.3, -0.25) is 14.3 Å². The van der Waals surface area contributed by atoms with Crippen LogP contribution in [0.4, 0.5) is 0 Å².